The van der Waals surface area contributed by atoms with Crippen molar-refractivity contribution in [2.45, 2.75) is 58.6 Å². The molecular weight excluding hydrogens is 174 g/mol. The maximum Gasteiger partial charge on any atom is 0.0715 e. The molecule has 84 valence electrons. The Bertz CT molecular complexity index is 164. The van der Waals surface area contributed by atoms with Crippen LogP contribution in [0.15, 0.2) is 0 Å². The number of aliphatic hydroxyl groups is 1. The lowest BCUT2D eigenvalue weighted by atomic mass is 9.80. The number of nitrogens with one attached hydrogen (secondary N) is 1. The van der Waals surface area contributed by atoms with Crippen molar-refractivity contribution < 1.29 is 5.11 Å². The maximum atomic E-state index is 9.62. The molecule has 1 fully saturated rings. The highest BCUT2D eigenvalue weighted by atomic mass is 16.3. The zero-order valence-corrected chi connectivity index (χ0v) is 10.0. The minimum absolute atomic E-state index is 0.579. The Labute approximate surface area is 88.1 Å². The van der Waals surface area contributed by atoms with E-state index < -0.39 is 5.60 Å². The molecule has 0 radical (unpaired) electrons. The molecule has 1 saturated carbocycles. The van der Waals surface area contributed by atoms with Crippen LogP contribution in [0.5, 0.6) is 0 Å². The lowest BCUT2D eigenvalue weighted by Gasteiger charge is -2.33. The molecule has 0 bridgehead atoms. The number of hydrogen-bond donors (Lipinski definition) is 2. The van der Waals surface area contributed by atoms with Crippen molar-refractivity contribution in [2.24, 2.45) is 11.8 Å². The summed E-state index contributed by atoms with van der Waals surface area (Å²) in [7, 11) is 0. The van der Waals surface area contributed by atoms with Crippen molar-refractivity contribution in [3.05, 3.63) is 0 Å². The molecule has 2 N–H and O–H groups in total. The van der Waals surface area contributed by atoms with Crippen LogP contribution in [0.25, 0.3) is 0 Å². The molecule has 0 aliphatic heterocycles. The van der Waals surface area contributed by atoms with Crippen molar-refractivity contribution in [1.29, 1.82) is 0 Å². The van der Waals surface area contributed by atoms with E-state index in [0.717, 1.165) is 11.8 Å². The van der Waals surface area contributed by atoms with E-state index in [1.165, 1.54) is 19.3 Å². The molecule has 0 aromatic carbocycles. The molecule has 0 spiro atoms. The molecule has 2 nitrogen and oxygen atoms in total. The van der Waals surface area contributed by atoms with E-state index in [4.69, 9.17) is 0 Å². The normalized spacial score (nSPS) is 34.5. The largest absolute Gasteiger partial charge is 0.389 e. The van der Waals surface area contributed by atoms with Gasteiger partial charge in [-0.15, -0.1) is 0 Å². The fourth-order valence-corrected chi connectivity index (χ4v) is 2.51. The van der Waals surface area contributed by atoms with Crippen LogP contribution in [0.3, 0.4) is 0 Å². The first-order valence-electron chi connectivity index (χ1n) is 5.82. The summed E-state index contributed by atoms with van der Waals surface area (Å²) in [5.74, 6) is 1.66. The zero-order valence-electron chi connectivity index (χ0n) is 10.0. The van der Waals surface area contributed by atoms with Crippen molar-refractivity contribution >= 4 is 0 Å². The summed E-state index contributed by atoms with van der Waals surface area (Å²) >= 11 is 0. The van der Waals surface area contributed by atoms with E-state index in [0.29, 0.717) is 12.6 Å². The van der Waals surface area contributed by atoms with Crippen molar-refractivity contribution in [2.75, 3.05) is 6.54 Å². The number of rotatable bonds is 3. The van der Waals surface area contributed by atoms with Crippen molar-refractivity contribution in [3.63, 3.8) is 0 Å². The van der Waals surface area contributed by atoms with Crippen LogP contribution in [0.2, 0.25) is 0 Å². The van der Waals surface area contributed by atoms with Crippen LogP contribution in [0.1, 0.15) is 47.0 Å². The van der Waals surface area contributed by atoms with E-state index >= 15 is 0 Å². The molecule has 1 aliphatic carbocycles. The molecule has 0 unspecified atom stereocenters. The molecular formula is C12H25NO. The molecule has 0 amide bonds. The second-order valence-electron chi connectivity index (χ2n) is 5.81. The highest BCUT2D eigenvalue weighted by Gasteiger charge is 2.24. The quantitative estimate of drug-likeness (QED) is 0.730. The van der Waals surface area contributed by atoms with Gasteiger partial charge in [-0.3, -0.25) is 0 Å². The fraction of sp³-hybridized carbons (Fsp3) is 1.00. The van der Waals surface area contributed by atoms with Crippen LogP contribution >= 0.6 is 0 Å². The van der Waals surface area contributed by atoms with Gasteiger partial charge in [0, 0.05) is 12.6 Å². The zero-order chi connectivity index (χ0) is 10.8. The molecule has 0 saturated heterocycles. The van der Waals surface area contributed by atoms with E-state index in [1.54, 1.807) is 0 Å². The topological polar surface area (TPSA) is 32.3 Å². The third-order valence-corrected chi connectivity index (χ3v) is 3.00. The van der Waals surface area contributed by atoms with Crippen molar-refractivity contribution in [1.82, 2.24) is 5.32 Å². The third kappa shape index (κ3) is 4.43. The van der Waals surface area contributed by atoms with Crippen LogP contribution in [-0.2, 0) is 0 Å². The Morgan fingerprint density at radius 2 is 1.64 bits per heavy atom. The van der Waals surface area contributed by atoms with E-state index in [1.807, 2.05) is 13.8 Å². The molecule has 0 aromatic rings. The van der Waals surface area contributed by atoms with Gasteiger partial charge in [-0.1, -0.05) is 13.8 Å². The van der Waals surface area contributed by atoms with Crippen LogP contribution in [0, 0.1) is 11.8 Å². The van der Waals surface area contributed by atoms with Gasteiger partial charge < -0.3 is 10.4 Å². The summed E-state index contributed by atoms with van der Waals surface area (Å²) in [6.07, 6.45) is 3.89. The molecule has 1 rings (SSSR count). The Balaban J connectivity index is 2.30. The summed E-state index contributed by atoms with van der Waals surface area (Å²) in [5.41, 5.74) is -0.579. The minimum atomic E-state index is -0.579. The molecule has 1 aliphatic rings. The van der Waals surface area contributed by atoms with Gasteiger partial charge in [0.15, 0.2) is 0 Å². The predicted octanol–water partition coefficient (Wildman–Crippen LogP) is 2.17. The standard InChI is InChI=1S/C12H25NO/c1-9-5-10(2)7-11(6-9)13-8-12(3,4)14/h9-11,13-14H,5-8H2,1-4H3/t9-,10-/m0/s1. The predicted molar refractivity (Wildman–Crippen MR) is 60.3 cm³/mol. The van der Waals surface area contributed by atoms with Gasteiger partial charge in [-0.05, 0) is 44.9 Å². The maximum absolute atomic E-state index is 9.62. The first kappa shape index (κ1) is 12.0. The van der Waals surface area contributed by atoms with Gasteiger partial charge in [0.05, 0.1) is 5.60 Å². The Kier molecular flexibility index (Phi) is 3.96. The minimum Gasteiger partial charge on any atom is -0.389 e. The number of hydrogen-bond acceptors (Lipinski definition) is 2. The van der Waals surface area contributed by atoms with Gasteiger partial charge in [0.25, 0.3) is 0 Å². The highest BCUT2D eigenvalue weighted by molar-refractivity contribution is 4.81. The van der Waals surface area contributed by atoms with E-state index in [-0.39, 0.29) is 0 Å². The molecule has 2 atom stereocenters. The first-order chi connectivity index (χ1) is 6.37. The van der Waals surface area contributed by atoms with Gasteiger partial charge in [-0.2, -0.15) is 0 Å². The van der Waals surface area contributed by atoms with Gasteiger partial charge in [-0.25, -0.2) is 0 Å². The first-order valence-corrected chi connectivity index (χ1v) is 5.82. The average Bonchev–Trinajstić information content (AvgIpc) is 1.97. The lowest BCUT2D eigenvalue weighted by molar-refractivity contribution is 0.0713. The van der Waals surface area contributed by atoms with Gasteiger partial charge in [0.2, 0.25) is 0 Å². The summed E-state index contributed by atoms with van der Waals surface area (Å²) in [6, 6.07) is 0.611. The summed E-state index contributed by atoms with van der Waals surface area (Å²) < 4.78 is 0. The van der Waals surface area contributed by atoms with Gasteiger partial charge in [0.1, 0.15) is 0 Å². The summed E-state index contributed by atoms with van der Waals surface area (Å²) in [5, 5.41) is 13.1. The summed E-state index contributed by atoms with van der Waals surface area (Å²) in [6.45, 7) is 9.07. The van der Waals surface area contributed by atoms with E-state index in [9.17, 15) is 5.11 Å². The third-order valence-electron chi connectivity index (χ3n) is 3.00. The molecule has 0 heterocycles. The van der Waals surface area contributed by atoms with Crippen molar-refractivity contribution in [3.8, 4) is 0 Å². The summed E-state index contributed by atoms with van der Waals surface area (Å²) in [4.78, 5) is 0. The average molecular weight is 199 g/mol. The van der Waals surface area contributed by atoms with Crippen LogP contribution in [-0.4, -0.2) is 23.3 Å². The van der Waals surface area contributed by atoms with E-state index in [2.05, 4.69) is 19.2 Å². The Morgan fingerprint density at radius 1 is 1.14 bits per heavy atom. The monoisotopic (exact) mass is 199 g/mol. The second-order valence-corrected chi connectivity index (χ2v) is 5.81. The SMILES string of the molecule is C[C@@H]1CC(NCC(C)(C)O)C[C@@H](C)C1. The lowest BCUT2D eigenvalue weighted by Crippen LogP contribution is -2.43. The highest BCUT2D eigenvalue weighted by Crippen LogP contribution is 2.28. The van der Waals surface area contributed by atoms with Crippen LogP contribution < -0.4 is 5.32 Å². The molecule has 2 heteroatoms. The fourth-order valence-electron chi connectivity index (χ4n) is 2.51. The molecule has 14 heavy (non-hydrogen) atoms. The smallest absolute Gasteiger partial charge is 0.0715 e. The van der Waals surface area contributed by atoms with Gasteiger partial charge >= 0.3 is 0 Å². The Morgan fingerprint density at radius 3 is 2.07 bits per heavy atom. The van der Waals surface area contributed by atoms with Crippen LogP contribution in [0.4, 0.5) is 0 Å². The molecule has 0 aromatic heterocycles. The Hall–Kier alpha value is -0.0800. The second kappa shape index (κ2) is 4.63.